The Labute approximate surface area is 121 Å². The third-order valence-electron chi connectivity index (χ3n) is 4.10. The van der Waals surface area contributed by atoms with Crippen molar-refractivity contribution in [1.82, 2.24) is 4.90 Å². The molecule has 1 aromatic rings. The summed E-state index contributed by atoms with van der Waals surface area (Å²) in [6, 6.07) is 7.52. The van der Waals surface area contributed by atoms with Gasteiger partial charge in [-0.2, -0.15) is 0 Å². The van der Waals surface area contributed by atoms with Crippen molar-refractivity contribution in [3.8, 4) is 11.8 Å². The van der Waals surface area contributed by atoms with Gasteiger partial charge in [0.05, 0.1) is 12.1 Å². The SMILES string of the molecule is CC1CCN(C(=O)c2ccccc2C#CCN)CC1C. The number of likely N-dealkylation sites (tertiary alicyclic amines) is 1. The van der Waals surface area contributed by atoms with E-state index in [1.807, 2.05) is 29.2 Å². The third kappa shape index (κ3) is 3.20. The number of nitrogens with two attached hydrogens (primary N) is 1. The van der Waals surface area contributed by atoms with Crippen molar-refractivity contribution in [2.24, 2.45) is 17.6 Å². The Morgan fingerprint density at radius 1 is 1.35 bits per heavy atom. The summed E-state index contributed by atoms with van der Waals surface area (Å²) in [6.07, 6.45) is 1.07. The van der Waals surface area contributed by atoms with Gasteiger partial charge < -0.3 is 10.6 Å². The van der Waals surface area contributed by atoms with Crippen LogP contribution in [0.1, 0.15) is 36.2 Å². The van der Waals surface area contributed by atoms with E-state index in [4.69, 9.17) is 5.73 Å². The molecule has 2 rings (SSSR count). The van der Waals surface area contributed by atoms with E-state index in [2.05, 4.69) is 25.7 Å². The lowest BCUT2D eigenvalue weighted by molar-refractivity contribution is 0.0627. The van der Waals surface area contributed by atoms with Crippen LogP contribution in [0.4, 0.5) is 0 Å². The minimum absolute atomic E-state index is 0.0886. The lowest BCUT2D eigenvalue weighted by Gasteiger charge is -2.35. The standard InChI is InChI=1S/C17H22N2O/c1-13-9-11-19(12-14(13)2)17(20)16-8-4-3-6-15(16)7-5-10-18/h3-4,6,8,13-14H,9-12,18H2,1-2H3. The van der Waals surface area contributed by atoms with Crippen LogP contribution in [0.5, 0.6) is 0 Å². The van der Waals surface area contributed by atoms with Crippen molar-refractivity contribution >= 4 is 5.91 Å². The molecule has 3 heteroatoms. The lowest BCUT2D eigenvalue weighted by atomic mass is 9.88. The molecular weight excluding hydrogens is 248 g/mol. The number of carbonyl (C=O) groups excluding carboxylic acids is 1. The van der Waals surface area contributed by atoms with E-state index in [1.54, 1.807) is 0 Å². The van der Waals surface area contributed by atoms with Gasteiger partial charge in [-0.25, -0.2) is 0 Å². The summed E-state index contributed by atoms with van der Waals surface area (Å²) in [7, 11) is 0. The van der Waals surface area contributed by atoms with Crippen LogP contribution in [-0.4, -0.2) is 30.4 Å². The number of piperidine rings is 1. The van der Waals surface area contributed by atoms with Crippen LogP contribution in [0.15, 0.2) is 24.3 Å². The van der Waals surface area contributed by atoms with Gasteiger partial charge in [-0.3, -0.25) is 4.79 Å². The Kier molecular flexibility index (Phi) is 4.81. The van der Waals surface area contributed by atoms with E-state index < -0.39 is 0 Å². The van der Waals surface area contributed by atoms with Gasteiger partial charge in [0.25, 0.3) is 5.91 Å². The van der Waals surface area contributed by atoms with E-state index in [0.29, 0.717) is 23.9 Å². The first-order chi connectivity index (χ1) is 9.63. The van der Waals surface area contributed by atoms with Crippen molar-refractivity contribution in [1.29, 1.82) is 0 Å². The van der Waals surface area contributed by atoms with Crippen LogP contribution in [-0.2, 0) is 0 Å². The van der Waals surface area contributed by atoms with E-state index in [1.165, 1.54) is 0 Å². The van der Waals surface area contributed by atoms with Crippen LogP contribution in [0.3, 0.4) is 0 Å². The summed E-state index contributed by atoms with van der Waals surface area (Å²) in [5.74, 6) is 7.14. The molecule has 0 saturated carbocycles. The molecule has 20 heavy (non-hydrogen) atoms. The number of carbonyl (C=O) groups is 1. The largest absolute Gasteiger partial charge is 0.338 e. The topological polar surface area (TPSA) is 46.3 Å². The molecule has 0 aromatic heterocycles. The molecule has 2 atom stereocenters. The Bertz CT molecular complexity index is 541. The molecule has 0 radical (unpaired) electrons. The normalized spacial score (nSPS) is 22.1. The molecule has 2 unspecified atom stereocenters. The maximum Gasteiger partial charge on any atom is 0.255 e. The van der Waals surface area contributed by atoms with Gasteiger partial charge in [0.1, 0.15) is 0 Å². The quantitative estimate of drug-likeness (QED) is 0.795. The second-order valence-corrected chi connectivity index (χ2v) is 5.55. The Morgan fingerprint density at radius 2 is 2.10 bits per heavy atom. The molecule has 1 amide bonds. The van der Waals surface area contributed by atoms with Crippen LogP contribution in [0, 0.1) is 23.7 Å². The first-order valence-electron chi connectivity index (χ1n) is 7.20. The first kappa shape index (κ1) is 14.6. The molecule has 1 aromatic carbocycles. The Hall–Kier alpha value is -1.79. The molecule has 1 heterocycles. The van der Waals surface area contributed by atoms with Gasteiger partial charge in [0.15, 0.2) is 0 Å². The first-order valence-corrected chi connectivity index (χ1v) is 7.20. The minimum atomic E-state index is 0.0886. The molecule has 3 nitrogen and oxygen atoms in total. The number of amides is 1. The maximum absolute atomic E-state index is 12.7. The van der Waals surface area contributed by atoms with Crippen LogP contribution >= 0.6 is 0 Å². The molecule has 0 spiro atoms. The Morgan fingerprint density at radius 3 is 2.80 bits per heavy atom. The fraction of sp³-hybridized carbons (Fsp3) is 0.471. The number of hydrogen-bond acceptors (Lipinski definition) is 2. The summed E-state index contributed by atoms with van der Waals surface area (Å²) >= 11 is 0. The smallest absolute Gasteiger partial charge is 0.255 e. The summed E-state index contributed by atoms with van der Waals surface area (Å²) in [4.78, 5) is 14.6. The van der Waals surface area contributed by atoms with Crippen LogP contribution in [0.25, 0.3) is 0 Å². The van der Waals surface area contributed by atoms with Crippen molar-refractivity contribution in [3.63, 3.8) is 0 Å². The fourth-order valence-electron chi connectivity index (χ4n) is 2.54. The van der Waals surface area contributed by atoms with Crippen molar-refractivity contribution in [2.45, 2.75) is 20.3 Å². The summed E-state index contributed by atoms with van der Waals surface area (Å²) < 4.78 is 0. The molecule has 0 bridgehead atoms. The fourth-order valence-corrected chi connectivity index (χ4v) is 2.54. The zero-order valence-corrected chi connectivity index (χ0v) is 12.2. The lowest BCUT2D eigenvalue weighted by Crippen LogP contribution is -2.42. The van der Waals surface area contributed by atoms with E-state index in [0.717, 1.165) is 25.1 Å². The minimum Gasteiger partial charge on any atom is -0.338 e. The van der Waals surface area contributed by atoms with Crippen molar-refractivity contribution in [2.75, 3.05) is 19.6 Å². The Balaban J connectivity index is 2.21. The van der Waals surface area contributed by atoms with Crippen molar-refractivity contribution in [3.05, 3.63) is 35.4 Å². The number of benzene rings is 1. The molecule has 106 valence electrons. The van der Waals surface area contributed by atoms with Gasteiger partial charge >= 0.3 is 0 Å². The number of nitrogens with zero attached hydrogens (tertiary/aromatic N) is 1. The average Bonchev–Trinajstić information content (AvgIpc) is 2.47. The molecule has 1 saturated heterocycles. The monoisotopic (exact) mass is 270 g/mol. The highest BCUT2D eigenvalue weighted by Crippen LogP contribution is 2.24. The zero-order valence-electron chi connectivity index (χ0n) is 12.2. The maximum atomic E-state index is 12.7. The summed E-state index contributed by atoms with van der Waals surface area (Å²) in [5.41, 5.74) is 6.87. The zero-order chi connectivity index (χ0) is 14.5. The summed E-state index contributed by atoms with van der Waals surface area (Å²) in [6.45, 7) is 6.44. The third-order valence-corrected chi connectivity index (χ3v) is 4.10. The molecular formula is C17H22N2O. The van der Waals surface area contributed by atoms with E-state index in [9.17, 15) is 4.79 Å². The molecule has 2 N–H and O–H groups in total. The van der Waals surface area contributed by atoms with Gasteiger partial charge in [0.2, 0.25) is 0 Å². The van der Waals surface area contributed by atoms with Gasteiger partial charge in [-0.15, -0.1) is 0 Å². The predicted octanol–water partition coefficient (Wildman–Crippen LogP) is 2.11. The summed E-state index contributed by atoms with van der Waals surface area (Å²) in [5, 5.41) is 0. The van der Waals surface area contributed by atoms with Gasteiger partial charge in [-0.05, 0) is 30.4 Å². The van der Waals surface area contributed by atoms with Gasteiger partial charge in [-0.1, -0.05) is 37.8 Å². The second kappa shape index (κ2) is 6.58. The van der Waals surface area contributed by atoms with Gasteiger partial charge in [0, 0.05) is 18.7 Å². The predicted molar refractivity (Wildman–Crippen MR) is 81.2 cm³/mol. The van der Waals surface area contributed by atoms with E-state index >= 15 is 0 Å². The van der Waals surface area contributed by atoms with E-state index in [-0.39, 0.29) is 5.91 Å². The number of rotatable bonds is 1. The highest BCUT2D eigenvalue weighted by Gasteiger charge is 2.27. The molecule has 1 fully saturated rings. The van der Waals surface area contributed by atoms with Crippen LogP contribution in [0.2, 0.25) is 0 Å². The number of hydrogen-bond donors (Lipinski definition) is 1. The molecule has 0 aliphatic carbocycles. The van der Waals surface area contributed by atoms with Crippen LogP contribution < -0.4 is 5.73 Å². The second-order valence-electron chi connectivity index (χ2n) is 5.55. The van der Waals surface area contributed by atoms with Crippen molar-refractivity contribution < 1.29 is 4.79 Å². The highest BCUT2D eigenvalue weighted by molar-refractivity contribution is 5.96. The molecule has 1 aliphatic rings. The highest BCUT2D eigenvalue weighted by atomic mass is 16.2. The molecule has 1 aliphatic heterocycles. The average molecular weight is 270 g/mol.